The van der Waals surface area contributed by atoms with Crippen LogP contribution in [-0.4, -0.2) is 35.8 Å². The van der Waals surface area contributed by atoms with E-state index in [1.165, 1.54) is 19.0 Å². The first-order chi connectivity index (χ1) is 8.88. The Labute approximate surface area is 111 Å². The van der Waals surface area contributed by atoms with Gasteiger partial charge in [0.05, 0.1) is 6.20 Å². The van der Waals surface area contributed by atoms with Gasteiger partial charge in [-0.2, -0.15) is 5.10 Å². The molecule has 0 aromatic carbocycles. The van der Waals surface area contributed by atoms with Crippen molar-refractivity contribution in [1.82, 2.24) is 14.5 Å². The van der Waals surface area contributed by atoms with Crippen molar-refractivity contribution in [3.8, 4) is 0 Å². The minimum Gasteiger partial charge on any atom is -0.480 e. The SMILES string of the molecule is CC(CNS(=O)(=O)c1cnn(CC(=O)O)c1)C1CC1. The van der Waals surface area contributed by atoms with Gasteiger partial charge in [0, 0.05) is 12.7 Å². The number of rotatable bonds is 7. The minimum atomic E-state index is -3.60. The molecular formula is C11H17N3O4S. The van der Waals surface area contributed by atoms with Crippen LogP contribution in [0.3, 0.4) is 0 Å². The van der Waals surface area contributed by atoms with Crippen LogP contribution in [0, 0.1) is 11.8 Å². The molecule has 0 bridgehead atoms. The van der Waals surface area contributed by atoms with E-state index in [9.17, 15) is 13.2 Å². The zero-order chi connectivity index (χ0) is 14.0. The van der Waals surface area contributed by atoms with Crippen LogP contribution in [0.2, 0.25) is 0 Å². The summed E-state index contributed by atoms with van der Waals surface area (Å²) in [7, 11) is -3.60. The number of sulfonamides is 1. The fourth-order valence-electron chi connectivity index (χ4n) is 1.86. The van der Waals surface area contributed by atoms with Crippen LogP contribution >= 0.6 is 0 Å². The summed E-state index contributed by atoms with van der Waals surface area (Å²) in [4.78, 5) is 10.5. The molecule has 106 valence electrons. The summed E-state index contributed by atoms with van der Waals surface area (Å²) in [6.07, 6.45) is 4.71. The predicted octanol–water partition coefficient (Wildman–Crippen LogP) is 0.292. The Bertz CT molecular complexity index is 562. The van der Waals surface area contributed by atoms with E-state index in [1.54, 1.807) is 0 Å². The Hall–Kier alpha value is -1.41. The third kappa shape index (κ3) is 3.77. The van der Waals surface area contributed by atoms with Crippen molar-refractivity contribution in [3.05, 3.63) is 12.4 Å². The first-order valence-corrected chi connectivity index (χ1v) is 7.60. The molecule has 1 unspecified atom stereocenters. The lowest BCUT2D eigenvalue weighted by molar-refractivity contribution is -0.137. The molecule has 0 saturated heterocycles. The number of carboxylic acids is 1. The average Bonchev–Trinajstić information content (AvgIpc) is 3.06. The highest BCUT2D eigenvalue weighted by Crippen LogP contribution is 2.36. The van der Waals surface area contributed by atoms with Crippen molar-refractivity contribution >= 4 is 16.0 Å². The van der Waals surface area contributed by atoms with E-state index in [0.29, 0.717) is 18.4 Å². The Kier molecular flexibility index (Phi) is 3.91. The topological polar surface area (TPSA) is 101 Å². The highest BCUT2D eigenvalue weighted by atomic mass is 32.2. The maximum Gasteiger partial charge on any atom is 0.325 e. The molecule has 1 heterocycles. The molecule has 1 fully saturated rings. The standard InChI is InChI=1S/C11H17N3O4S/c1-8(9-2-3-9)4-13-19(17,18)10-5-12-14(6-10)7-11(15)16/h5-6,8-9,13H,2-4,7H2,1H3,(H,15,16). The second kappa shape index (κ2) is 5.30. The molecule has 1 saturated carbocycles. The smallest absolute Gasteiger partial charge is 0.325 e. The number of hydrogen-bond donors (Lipinski definition) is 2. The van der Waals surface area contributed by atoms with E-state index in [2.05, 4.69) is 9.82 Å². The number of nitrogens with zero attached hydrogens (tertiary/aromatic N) is 2. The van der Waals surface area contributed by atoms with Gasteiger partial charge >= 0.3 is 5.97 Å². The zero-order valence-electron chi connectivity index (χ0n) is 10.6. The fourth-order valence-corrected chi connectivity index (χ4v) is 2.96. The van der Waals surface area contributed by atoms with Crippen LogP contribution in [0.25, 0.3) is 0 Å². The second-order valence-corrected chi connectivity index (χ2v) is 6.70. The normalized spacial score (nSPS) is 17.3. The maximum atomic E-state index is 12.0. The number of aromatic nitrogens is 2. The number of aliphatic carboxylic acids is 1. The van der Waals surface area contributed by atoms with Gasteiger partial charge in [0.15, 0.2) is 0 Å². The molecule has 7 nitrogen and oxygen atoms in total. The highest BCUT2D eigenvalue weighted by Gasteiger charge is 2.29. The van der Waals surface area contributed by atoms with Gasteiger partial charge in [0.2, 0.25) is 10.0 Å². The number of carbonyl (C=O) groups is 1. The Morgan fingerprint density at radius 3 is 2.89 bits per heavy atom. The van der Waals surface area contributed by atoms with Crippen LogP contribution in [0.1, 0.15) is 19.8 Å². The molecule has 2 rings (SSSR count). The zero-order valence-corrected chi connectivity index (χ0v) is 11.4. The van der Waals surface area contributed by atoms with Crippen molar-refractivity contribution in [1.29, 1.82) is 0 Å². The molecule has 0 spiro atoms. The van der Waals surface area contributed by atoms with E-state index in [1.807, 2.05) is 6.92 Å². The third-order valence-electron chi connectivity index (χ3n) is 3.24. The Morgan fingerprint density at radius 1 is 1.63 bits per heavy atom. The van der Waals surface area contributed by atoms with Crippen LogP contribution < -0.4 is 4.72 Å². The maximum absolute atomic E-state index is 12.0. The lowest BCUT2D eigenvalue weighted by Gasteiger charge is -2.10. The van der Waals surface area contributed by atoms with Crippen molar-refractivity contribution in [2.45, 2.75) is 31.2 Å². The quantitative estimate of drug-likeness (QED) is 0.750. The van der Waals surface area contributed by atoms with Crippen molar-refractivity contribution < 1.29 is 18.3 Å². The molecule has 1 aromatic rings. The fraction of sp³-hybridized carbons (Fsp3) is 0.636. The van der Waals surface area contributed by atoms with Gasteiger partial charge in [-0.15, -0.1) is 0 Å². The number of nitrogens with one attached hydrogen (secondary N) is 1. The van der Waals surface area contributed by atoms with Crippen LogP contribution in [0.5, 0.6) is 0 Å². The lowest BCUT2D eigenvalue weighted by atomic mass is 10.1. The molecule has 1 aromatic heterocycles. The molecule has 8 heteroatoms. The van der Waals surface area contributed by atoms with E-state index in [4.69, 9.17) is 5.11 Å². The van der Waals surface area contributed by atoms with Gasteiger partial charge in [-0.3, -0.25) is 9.48 Å². The molecule has 1 aliphatic rings. The van der Waals surface area contributed by atoms with E-state index in [0.717, 1.165) is 10.9 Å². The van der Waals surface area contributed by atoms with Gasteiger partial charge < -0.3 is 5.11 Å². The van der Waals surface area contributed by atoms with E-state index in [-0.39, 0.29) is 11.4 Å². The molecule has 1 atom stereocenters. The molecule has 0 radical (unpaired) electrons. The largest absolute Gasteiger partial charge is 0.480 e. The Morgan fingerprint density at radius 2 is 2.32 bits per heavy atom. The Balaban J connectivity index is 1.97. The monoisotopic (exact) mass is 287 g/mol. The van der Waals surface area contributed by atoms with Crippen LogP contribution in [-0.2, 0) is 21.4 Å². The molecule has 1 aliphatic carbocycles. The molecule has 2 N–H and O–H groups in total. The minimum absolute atomic E-state index is 0.00301. The van der Waals surface area contributed by atoms with E-state index < -0.39 is 16.0 Å². The second-order valence-electron chi connectivity index (χ2n) is 4.93. The summed E-state index contributed by atoms with van der Waals surface area (Å²) in [5.41, 5.74) is 0. The summed E-state index contributed by atoms with van der Waals surface area (Å²) >= 11 is 0. The molecule has 0 amide bonds. The van der Waals surface area contributed by atoms with Crippen molar-refractivity contribution in [2.75, 3.05) is 6.54 Å². The third-order valence-corrected chi connectivity index (χ3v) is 4.62. The molecule has 0 aliphatic heterocycles. The summed E-state index contributed by atoms with van der Waals surface area (Å²) in [5, 5.41) is 12.3. The van der Waals surface area contributed by atoms with Gasteiger partial charge in [-0.05, 0) is 24.7 Å². The first-order valence-electron chi connectivity index (χ1n) is 6.12. The average molecular weight is 287 g/mol. The van der Waals surface area contributed by atoms with Crippen LogP contribution in [0.15, 0.2) is 17.3 Å². The van der Waals surface area contributed by atoms with Gasteiger partial charge in [-0.25, -0.2) is 13.1 Å². The first kappa shape index (κ1) is 14.0. The lowest BCUT2D eigenvalue weighted by Crippen LogP contribution is -2.29. The van der Waals surface area contributed by atoms with Crippen molar-refractivity contribution in [3.63, 3.8) is 0 Å². The van der Waals surface area contributed by atoms with Crippen LogP contribution in [0.4, 0.5) is 0 Å². The number of hydrogen-bond acceptors (Lipinski definition) is 4. The highest BCUT2D eigenvalue weighted by molar-refractivity contribution is 7.89. The molecular weight excluding hydrogens is 270 g/mol. The van der Waals surface area contributed by atoms with Gasteiger partial charge in [0.25, 0.3) is 0 Å². The predicted molar refractivity (Wildman–Crippen MR) is 66.9 cm³/mol. The number of carboxylic acid groups (broad SMARTS) is 1. The summed E-state index contributed by atoms with van der Waals surface area (Å²) in [5.74, 6) is -0.122. The summed E-state index contributed by atoms with van der Waals surface area (Å²) in [6.45, 7) is 2.07. The van der Waals surface area contributed by atoms with Gasteiger partial charge in [-0.1, -0.05) is 6.92 Å². The summed E-state index contributed by atoms with van der Waals surface area (Å²) in [6, 6.07) is 0. The van der Waals surface area contributed by atoms with Crippen molar-refractivity contribution in [2.24, 2.45) is 11.8 Å². The van der Waals surface area contributed by atoms with E-state index >= 15 is 0 Å². The molecule has 19 heavy (non-hydrogen) atoms. The summed E-state index contributed by atoms with van der Waals surface area (Å²) < 4.78 is 27.6. The van der Waals surface area contributed by atoms with Gasteiger partial charge in [0.1, 0.15) is 11.4 Å².